The van der Waals surface area contributed by atoms with Gasteiger partial charge in [-0.2, -0.15) is 0 Å². The van der Waals surface area contributed by atoms with Crippen molar-refractivity contribution in [2.24, 2.45) is 0 Å². The van der Waals surface area contributed by atoms with Gasteiger partial charge in [0.15, 0.2) is 0 Å². The molecular weight excluding hydrogens is 274 g/mol. The molecule has 3 aromatic rings. The van der Waals surface area contributed by atoms with Gasteiger partial charge < -0.3 is 9.88 Å². The SMILES string of the molecule is CC(NC(=O)c1ccc(-n2cccc2)cc1)c1ccncc1. The number of aromatic nitrogens is 2. The van der Waals surface area contributed by atoms with Gasteiger partial charge in [-0.05, 0) is 61.0 Å². The van der Waals surface area contributed by atoms with Crippen molar-refractivity contribution in [3.05, 3.63) is 84.4 Å². The minimum absolute atomic E-state index is 0.0559. The highest BCUT2D eigenvalue weighted by Gasteiger charge is 2.11. The van der Waals surface area contributed by atoms with Crippen LogP contribution in [-0.2, 0) is 0 Å². The first-order chi connectivity index (χ1) is 10.7. The lowest BCUT2D eigenvalue weighted by molar-refractivity contribution is 0.0940. The smallest absolute Gasteiger partial charge is 0.251 e. The second kappa shape index (κ2) is 6.26. The molecule has 0 saturated carbocycles. The summed E-state index contributed by atoms with van der Waals surface area (Å²) in [5, 5.41) is 2.99. The molecule has 22 heavy (non-hydrogen) atoms. The third kappa shape index (κ3) is 3.06. The van der Waals surface area contributed by atoms with E-state index in [0.29, 0.717) is 5.56 Å². The summed E-state index contributed by atoms with van der Waals surface area (Å²) in [5.74, 6) is -0.0802. The highest BCUT2D eigenvalue weighted by atomic mass is 16.1. The Bertz CT molecular complexity index is 734. The van der Waals surface area contributed by atoms with Crippen LogP contribution in [0.5, 0.6) is 0 Å². The Morgan fingerprint density at radius 2 is 1.68 bits per heavy atom. The zero-order valence-electron chi connectivity index (χ0n) is 12.3. The molecule has 4 nitrogen and oxygen atoms in total. The highest BCUT2D eigenvalue weighted by molar-refractivity contribution is 5.94. The summed E-state index contributed by atoms with van der Waals surface area (Å²) < 4.78 is 2.00. The zero-order valence-corrected chi connectivity index (χ0v) is 12.3. The van der Waals surface area contributed by atoms with Crippen LogP contribution in [0, 0.1) is 0 Å². The van der Waals surface area contributed by atoms with Crippen LogP contribution < -0.4 is 5.32 Å². The summed E-state index contributed by atoms with van der Waals surface area (Å²) >= 11 is 0. The second-order valence-corrected chi connectivity index (χ2v) is 5.11. The third-order valence-corrected chi connectivity index (χ3v) is 3.59. The van der Waals surface area contributed by atoms with Crippen LogP contribution in [0.4, 0.5) is 0 Å². The standard InChI is InChI=1S/C18H17N3O/c1-14(15-8-10-19-11-9-15)20-18(22)16-4-6-17(7-5-16)21-12-2-3-13-21/h2-14H,1H3,(H,20,22). The molecule has 1 unspecified atom stereocenters. The monoisotopic (exact) mass is 291 g/mol. The number of rotatable bonds is 4. The molecule has 0 aliphatic heterocycles. The van der Waals surface area contributed by atoms with Crippen LogP contribution >= 0.6 is 0 Å². The third-order valence-electron chi connectivity index (χ3n) is 3.59. The predicted octanol–water partition coefficient (Wildman–Crippen LogP) is 3.36. The van der Waals surface area contributed by atoms with Gasteiger partial charge in [0.25, 0.3) is 5.91 Å². The zero-order chi connectivity index (χ0) is 15.4. The van der Waals surface area contributed by atoms with Crippen LogP contribution in [-0.4, -0.2) is 15.5 Å². The van der Waals surface area contributed by atoms with Crippen molar-refractivity contribution < 1.29 is 4.79 Å². The molecule has 0 bridgehead atoms. The molecule has 0 radical (unpaired) electrons. The molecule has 0 aliphatic rings. The van der Waals surface area contributed by atoms with E-state index in [1.165, 1.54) is 0 Å². The van der Waals surface area contributed by atoms with E-state index < -0.39 is 0 Å². The van der Waals surface area contributed by atoms with E-state index in [4.69, 9.17) is 0 Å². The van der Waals surface area contributed by atoms with Crippen molar-refractivity contribution in [1.82, 2.24) is 14.9 Å². The Balaban J connectivity index is 1.70. The Labute approximate surface area is 129 Å². The van der Waals surface area contributed by atoms with Gasteiger partial charge in [0.1, 0.15) is 0 Å². The fourth-order valence-electron chi connectivity index (χ4n) is 2.31. The average Bonchev–Trinajstić information content (AvgIpc) is 3.10. The molecule has 0 spiro atoms. The first-order valence-electron chi connectivity index (χ1n) is 7.18. The number of nitrogens with one attached hydrogen (secondary N) is 1. The van der Waals surface area contributed by atoms with Gasteiger partial charge in [-0.3, -0.25) is 9.78 Å². The van der Waals surface area contributed by atoms with Crippen LogP contribution in [0.3, 0.4) is 0 Å². The summed E-state index contributed by atoms with van der Waals surface area (Å²) in [6.45, 7) is 1.96. The van der Waals surface area contributed by atoms with Crippen molar-refractivity contribution in [3.8, 4) is 5.69 Å². The molecule has 1 aromatic carbocycles. The molecule has 2 heterocycles. The maximum Gasteiger partial charge on any atom is 0.251 e. The molecule has 0 saturated heterocycles. The molecule has 3 rings (SSSR count). The summed E-state index contributed by atoms with van der Waals surface area (Å²) in [7, 11) is 0. The number of nitrogens with zero attached hydrogens (tertiary/aromatic N) is 2. The number of hydrogen-bond donors (Lipinski definition) is 1. The maximum atomic E-state index is 12.3. The number of benzene rings is 1. The quantitative estimate of drug-likeness (QED) is 0.801. The maximum absolute atomic E-state index is 12.3. The van der Waals surface area contributed by atoms with Gasteiger partial charge in [0, 0.05) is 36.0 Å². The van der Waals surface area contributed by atoms with Crippen LogP contribution in [0.2, 0.25) is 0 Å². The lowest BCUT2D eigenvalue weighted by Gasteiger charge is -2.14. The molecule has 0 aliphatic carbocycles. The number of carbonyl (C=O) groups excluding carboxylic acids is 1. The van der Waals surface area contributed by atoms with E-state index in [1.807, 2.05) is 72.4 Å². The summed E-state index contributed by atoms with van der Waals surface area (Å²) in [4.78, 5) is 16.3. The molecule has 110 valence electrons. The van der Waals surface area contributed by atoms with Gasteiger partial charge in [-0.1, -0.05) is 0 Å². The minimum Gasteiger partial charge on any atom is -0.346 e. The highest BCUT2D eigenvalue weighted by Crippen LogP contribution is 2.13. The Kier molecular flexibility index (Phi) is 4.01. The Morgan fingerprint density at radius 3 is 2.32 bits per heavy atom. The molecule has 0 fully saturated rings. The molecule has 1 amide bonds. The van der Waals surface area contributed by atoms with E-state index in [2.05, 4.69) is 10.3 Å². The van der Waals surface area contributed by atoms with Crippen molar-refractivity contribution in [3.63, 3.8) is 0 Å². The molecule has 2 aromatic heterocycles. The van der Waals surface area contributed by atoms with Gasteiger partial charge in [0.2, 0.25) is 0 Å². The van der Waals surface area contributed by atoms with E-state index in [0.717, 1.165) is 11.3 Å². The van der Waals surface area contributed by atoms with Crippen LogP contribution in [0.25, 0.3) is 5.69 Å². The van der Waals surface area contributed by atoms with Crippen LogP contribution in [0.1, 0.15) is 28.9 Å². The van der Waals surface area contributed by atoms with Gasteiger partial charge in [-0.25, -0.2) is 0 Å². The number of pyridine rings is 1. The van der Waals surface area contributed by atoms with E-state index in [1.54, 1.807) is 12.4 Å². The topological polar surface area (TPSA) is 46.9 Å². The number of amides is 1. The fraction of sp³-hybridized carbons (Fsp3) is 0.111. The Morgan fingerprint density at radius 1 is 1.05 bits per heavy atom. The van der Waals surface area contributed by atoms with Crippen molar-refractivity contribution >= 4 is 5.91 Å². The summed E-state index contributed by atoms with van der Waals surface area (Å²) in [5.41, 5.74) is 2.72. The molecule has 1 N–H and O–H groups in total. The molecule has 4 heteroatoms. The predicted molar refractivity (Wildman–Crippen MR) is 85.9 cm³/mol. The van der Waals surface area contributed by atoms with Crippen molar-refractivity contribution in [1.29, 1.82) is 0 Å². The molecule has 1 atom stereocenters. The Hall–Kier alpha value is -2.88. The second-order valence-electron chi connectivity index (χ2n) is 5.11. The summed E-state index contributed by atoms with van der Waals surface area (Å²) in [6, 6.07) is 15.2. The lowest BCUT2D eigenvalue weighted by atomic mass is 10.1. The van der Waals surface area contributed by atoms with Gasteiger partial charge in [0.05, 0.1) is 6.04 Å². The first-order valence-corrected chi connectivity index (χ1v) is 7.18. The molecular formula is C18H17N3O. The van der Waals surface area contributed by atoms with E-state index in [9.17, 15) is 4.79 Å². The first kappa shape index (κ1) is 14.1. The van der Waals surface area contributed by atoms with E-state index in [-0.39, 0.29) is 11.9 Å². The number of hydrogen-bond acceptors (Lipinski definition) is 2. The summed E-state index contributed by atoms with van der Waals surface area (Å²) in [6.07, 6.45) is 7.40. The van der Waals surface area contributed by atoms with Crippen molar-refractivity contribution in [2.75, 3.05) is 0 Å². The van der Waals surface area contributed by atoms with Gasteiger partial charge >= 0.3 is 0 Å². The largest absolute Gasteiger partial charge is 0.346 e. The minimum atomic E-state index is -0.0802. The van der Waals surface area contributed by atoms with E-state index >= 15 is 0 Å². The normalized spacial score (nSPS) is 11.9. The fourth-order valence-corrected chi connectivity index (χ4v) is 2.31. The van der Waals surface area contributed by atoms with Crippen molar-refractivity contribution in [2.45, 2.75) is 13.0 Å². The average molecular weight is 291 g/mol. The van der Waals surface area contributed by atoms with Gasteiger partial charge in [-0.15, -0.1) is 0 Å². The number of carbonyl (C=O) groups is 1. The lowest BCUT2D eigenvalue weighted by Crippen LogP contribution is -2.26. The van der Waals surface area contributed by atoms with Crippen LogP contribution in [0.15, 0.2) is 73.3 Å².